The summed E-state index contributed by atoms with van der Waals surface area (Å²) in [6.45, 7) is 2.04. The number of esters is 1. The summed E-state index contributed by atoms with van der Waals surface area (Å²) in [5.41, 5.74) is 1.13. The molecule has 0 atom stereocenters. The number of hydrogen-bond acceptors (Lipinski definition) is 9. The number of anilines is 1. The molecule has 1 aliphatic heterocycles. The average Bonchev–Trinajstić information content (AvgIpc) is 3.41. The van der Waals surface area contributed by atoms with Crippen molar-refractivity contribution in [2.45, 2.75) is 23.3 Å². The number of nitrogens with one attached hydrogen (secondary N) is 2. The van der Waals surface area contributed by atoms with Gasteiger partial charge >= 0.3 is 5.97 Å². The molecule has 40 heavy (non-hydrogen) atoms. The molecule has 0 bridgehead atoms. The predicted molar refractivity (Wildman–Crippen MR) is 147 cm³/mol. The number of benzene rings is 3. The maximum absolute atomic E-state index is 13.2. The molecule has 10 nitrogen and oxygen atoms in total. The quantitative estimate of drug-likeness (QED) is 0.299. The van der Waals surface area contributed by atoms with Gasteiger partial charge in [0.15, 0.2) is 6.61 Å². The van der Waals surface area contributed by atoms with E-state index in [-0.39, 0.29) is 39.8 Å². The average molecular weight is 578 g/mol. The summed E-state index contributed by atoms with van der Waals surface area (Å²) in [6, 6.07) is 17.2. The largest absolute Gasteiger partial charge is 0.482 e. The van der Waals surface area contributed by atoms with Gasteiger partial charge in [0.1, 0.15) is 10.8 Å². The summed E-state index contributed by atoms with van der Waals surface area (Å²) in [4.78, 5) is 42.0. The third kappa shape index (κ3) is 5.58. The van der Waals surface area contributed by atoms with Crippen LogP contribution in [0.2, 0.25) is 0 Å². The van der Waals surface area contributed by atoms with Crippen LogP contribution in [0.4, 0.5) is 5.69 Å². The number of carbonyl (C=O) groups is 3. The van der Waals surface area contributed by atoms with Gasteiger partial charge in [-0.3, -0.25) is 9.59 Å². The number of amides is 2. The highest BCUT2D eigenvalue weighted by Gasteiger charge is 2.31. The molecule has 2 heterocycles. The zero-order chi connectivity index (χ0) is 28.3. The van der Waals surface area contributed by atoms with E-state index in [0.29, 0.717) is 12.4 Å². The Morgan fingerprint density at radius 1 is 1.02 bits per heavy atom. The Morgan fingerprint density at radius 3 is 2.58 bits per heavy atom. The molecule has 0 unspecified atom stereocenters. The van der Waals surface area contributed by atoms with Gasteiger partial charge < -0.3 is 20.1 Å². The van der Waals surface area contributed by atoms with Crippen LogP contribution in [-0.2, 0) is 25.9 Å². The fourth-order valence-corrected chi connectivity index (χ4v) is 6.48. The molecule has 0 radical (unpaired) electrons. The molecule has 0 aliphatic carbocycles. The molecule has 5 rings (SSSR count). The van der Waals surface area contributed by atoms with Crippen molar-refractivity contribution < 1.29 is 32.3 Å². The van der Waals surface area contributed by atoms with E-state index in [1.165, 1.54) is 41.7 Å². The van der Waals surface area contributed by atoms with Gasteiger partial charge in [0.25, 0.3) is 11.8 Å². The maximum Gasteiger partial charge on any atom is 0.344 e. The lowest BCUT2D eigenvalue weighted by Gasteiger charge is -2.10. The minimum Gasteiger partial charge on any atom is -0.482 e. The first-order chi connectivity index (χ1) is 19.3. The Kier molecular flexibility index (Phi) is 7.63. The monoisotopic (exact) mass is 577 g/mol. The Balaban J connectivity index is 1.24. The molecular weight excluding hydrogens is 554 g/mol. The number of ether oxygens (including phenoxy) is 2. The Bertz CT molecular complexity index is 1710. The SMILES string of the molecule is CCOC(=O)COc1ccc(-c2ncc(CNC(=O)c3ccc4c(c3)NC(=O)c3ccccc3S4(=O)=O)s2)cc1. The van der Waals surface area contributed by atoms with E-state index < -0.39 is 27.6 Å². The maximum atomic E-state index is 13.2. The van der Waals surface area contributed by atoms with Gasteiger partial charge in [0, 0.05) is 22.2 Å². The standard InChI is InChI=1S/C28H23N3O7S2/c1-2-37-25(32)16-38-19-10-7-17(8-11-19)28-30-15-20(39-28)14-29-26(33)18-9-12-24-22(13-18)31-27(34)21-5-3-4-6-23(21)40(24,35)36/h3-13,15H,2,14,16H2,1H3,(H,29,33)(H,31,34). The molecule has 204 valence electrons. The predicted octanol–water partition coefficient (Wildman–Crippen LogP) is 4.08. The van der Waals surface area contributed by atoms with Crippen LogP contribution >= 0.6 is 11.3 Å². The minimum atomic E-state index is -3.95. The van der Waals surface area contributed by atoms with Gasteiger partial charge in [-0.05, 0) is 61.5 Å². The molecule has 4 aromatic rings. The summed E-state index contributed by atoms with van der Waals surface area (Å²) < 4.78 is 36.5. The van der Waals surface area contributed by atoms with Crippen molar-refractivity contribution in [1.82, 2.24) is 10.3 Å². The first kappa shape index (κ1) is 27.0. The summed E-state index contributed by atoms with van der Waals surface area (Å²) in [5.74, 6) is -0.917. The van der Waals surface area contributed by atoms with E-state index in [4.69, 9.17) is 9.47 Å². The molecule has 0 fully saturated rings. The van der Waals surface area contributed by atoms with E-state index in [1.807, 2.05) is 12.1 Å². The molecular formula is C28H23N3O7S2. The van der Waals surface area contributed by atoms with E-state index in [2.05, 4.69) is 15.6 Å². The van der Waals surface area contributed by atoms with Gasteiger partial charge in [0.2, 0.25) is 9.84 Å². The third-order valence-electron chi connectivity index (χ3n) is 5.94. The number of carbonyl (C=O) groups excluding carboxylic acids is 3. The van der Waals surface area contributed by atoms with Crippen LogP contribution in [0.3, 0.4) is 0 Å². The lowest BCUT2D eigenvalue weighted by Crippen LogP contribution is -2.22. The van der Waals surface area contributed by atoms with Crippen LogP contribution in [0.5, 0.6) is 5.75 Å². The second-order valence-corrected chi connectivity index (χ2v) is 11.6. The number of aromatic nitrogens is 1. The van der Waals surface area contributed by atoms with Crippen molar-refractivity contribution in [2.75, 3.05) is 18.5 Å². The fourth-order valence-electron chi connectivity index (χ4n) is 4.03. The van der Waals surface area contributed by atoms with Crippen LogP contribution in [-0.4, -0.2) is 44.4 Å². The molecule has 2 amide bonds. The van der Waals surface area contributed by atoms with Crippen LogP contribution in [0, 0.1) is 0 Å². The van der Waals surface area contributed by atoms with Crippen molar-refractivity contribution in [3.63, 3.8) is 0 Å². The fraction of sp³-hybridized carbons (Fsp3) is 0.143. The van der Waals surface area contributed by atoms with Gasteiger partial charge in [0.05, 0.1) is 34.2 Å². The minimum absolute atomic E-state index is 0.0450. The zero-order valence-electron chi connectivity index (χ0n) is 21.2. The normalized spacial score (nSPS) is 13.3. The van der Waals surface area contributed by atoms with E-state index in [1.54, 1.807) is 37.4 Å². The summed E-state index contributed by atoms with van der Waals surface area (Å²) in [7, 11) is -3.95. The lowest BCUT2D eigenvalue weighted by molar-refractivity contribution is -0.145. The van der Waals surface area contributed by atoms with Crippen molar-refractivity contribution in [2.24, 2.45) is 0 Å². The first-order valence-corrected chi connectivity index (χ1v) is 14.5. The molecule has 3 aromatic carbocycles. The van der Waals surface area contributed by atoms with Crippen LogP contribution in [0.15, 0.2) is 82.7 Å². The number of rotatable bonds is 8. The Morgan fingerprint density at radius 2 is 1.80 bits per heavy atom. The smallest absolute Gasteiger partial charge is 0.344 e. The van der Waals surface area contributed by atoms with Crippen molar-refractivity contribution in [3.05, 3.63) is 88.9 Å². The second-order valence-electron chi connectivity index (χ2n) is 8.60. The number of hydrogen-bond donors (Lipinski definition) is 2. The molecule has 0 saturated heterocycles. The summed E-state index contributed by atoms with van der Waals surface area (Å²) in [5, 5.41) is 6.15. The second kappa shape index (κ2) is 11.3. The van der Waals surface area contributed by atoms with Gasteiger partial charge in [-0.1, -0.05) is 12.1 Å². The van der Waals surface area contributed by atoms with Crippen molar-refractivity contribution >= 4 is 44.6 Å². The zero-order valence-corrected chi connectivity index (χ0v) is 22.8. The van der Waals surface area contributed by atoms with Crippen molar-refractivity contribution in [1.29, 1.82) is 0 Å². The summed E-state index contributed by atoms with van der Waals surface area (Å²) in [6.07, 6.45) is 1.66. The van der Waals surface area contributed by atoms with E-state index in [0.717, 1.165) is 15.4 Å². The number of thiazole rings is 1. The summed E-state index contributed by atoms with van der Waals surface area (Å²) >= 11 is 1.40. The Hall–Kier alpha value is -4.55. The highest BCUT2D eigenvalue weighted by Crippen LogP contribution is 2.34. The van der Waals surface area contributed by atoms with Crippen LogP contribution in [0.25, 0.3) is 10.6 Å². The topological polar surface area (TPSA) is 141 Å². The molecule has 1 aromatic heterocycles. The third-order valence-corrected chi connectivity index (χ3v) is 8.86. The van der Waals surface area contributed by atoms with Crippen molar-refractivity contribution in [3.8, 4) is 16.3 Å². The number of fused-ring (bicyclic) bond motifs is 2. The lowest BCUT2D eigenvalue weighted by atomic mass is 10.1. The molecule has 0 saturated carbocycles. The molecule has 0 spiro atoms. The molecule has 12 heteroatoms. The van der Waals surface area contributed by atoms with Gasteiger partial charge in [-0.15, -0.1) is 11.3 Å². The highest BCUT2D eigenvalue weighted by molar-refractivity contribution is 7.91. The Labute approximate surface area is 233 Å². The number of sulfone groups is 1. The first-order valence-electron chi connectivity index (χ1n) is 12.2. The van der Waals surface area contributed by atoms with E-state index in [9.17, 15) is 22.8 Å². The van der Waals surface area contributed by atoms with Gasteiger partial charge in [-0.25, -0.2) is 18.2 Å². The van der Waals surface area contributed by atoms with E-state index >= 15 is 0 Å². The molecule has 2 N–H and O–H groups in total. The molecule has 1 aliphatic rings. The van der Waals surface area contributed by atoms with Crippen LogP contribution < -0.4 is 15.4 Å². The number of nitrogens with zero attached hydrogens (tertiary/aromatic N) is 1. The van der Waals surface area contributed by atoms with Gasteiger partial charge in [-0.2, -0.15) is 0 Å². The van der Waals surface area contributed by atoms with Crippen LogP contribution in [0.1, 0.15) is 32.5 Å². The highest BCUT2D eigenvalue weighted by atomic mass is 32.2.